The predicted molar refractivity (Wildman–Crippen MR) is 141 cm³/mol. The van der Waals surface area contributed by atoms with Crippen LogP contribution in [0, 0.1) is 0 Å². The molecule has 0 amide bonds. The normalized spacial score (nSPS) is 18.6. The van der Waals surface area contributed by atoms with Gasteiger partial charge in [0.25, 0.3) is 0 Å². The van der Waals surface area contributed by atoms with Crippen molar-refractivity contribution in [1.29, 1.82) is 0 Å². The summed E-state index contributed by atoms with van der Waals surface area (Å²) in [5.41, 5.74) is 1.18. The van der Waals surface area contributed by atoms with Crippen molar-refractivity contribution in [2.24, 2.45) is 4.99 Å². The van der Waals surface area contributed by atoms with E-state index >= 15 is 0 Å². The van der Waals surface area contributed by atoms with E-state index in [1.807, 2.05) is 19.2 Å². The first-order chi connectivity index (χ1) is 14.7. The van der Waals surface area contributed by atoms with E-state index in [-0.39, 0.29) is 24.0 Å². The number of hydrogen-bond acceptors (Lipinski definition) is 5. The maximum absolute atomic E-state index is 5.53. The fraction of sp³-hybridized carbons (Fsp3) is 0.696. The quantitative estimate of drug-likeness (QED) is 0.235. The Kier molecular flexibility index (Phi) is 11.7. The average molecular weight is 545 g/mol. The number of ether oxygens (including phenoxy) is 1. The molecule has 0 spiro atoms. The highest BCUT2D eigenvalue weighted by Gasteiger charge is 2.21. The van der Waals surface area contributed by atoms with E-state index in [0.717, 1.165) is 44.4 Å². The Balaban J connectivity index is 0.00000341. The first-order valence-corrected chi connectivity index (χ1v) is 11.5. The van der Waals surface area contributed by atoms with Gasteiger partial charge in [-0.2, -0.15) is 0 Å². The third-order valence-corrected chi connectivity index (χ3v) is 6.31. The number of nitrogens with one attached hydrogen (secondary N) is 1. The maximum atomic E-state index is 5.53. The highest BCUT2D eigenvalue weighted by atomic mass is 127. The van der Waals surface area contributed by atoms with Gasteiger partial charge in [-0.05, 0) is 38.1 Å². The van der Waals surface area contributed by atoms with Gasteiger partial charge in [0.05, 0.1) is 12.8 Å². The van der Waals surface area contributed by atoms with Crippen LogP contribution in [0.15, 0.2) is 29.3 Å². The van der Waals surface area contributed by atoms with Crippen LogP contribution in [0.3, 0.4) is 0 Å². The lowest BCUT2D eigenvalue weighted by atomic mass is 10.2. The highest BCUT2D eigenvalue weighted by Crippen LogP contribution is 2.28. The van der Waals surface area contributed by atoms with Crippen molar-refractivity contribution >= 4 is 35.6 Å². The molecule has 2 heterocycles. The molecular formula is C23H41IN6O. The van der Waals surface area contributed by atoms with Crippen molar-refractivity contribution in [3.63, 3.8) is 0 Å². The summed E-state index contributed by atoms with van der Waals surface area (Å²) in [6, 6.07) is 8.28. The van der Waals surface area contributed by atoms with Gasteiger partial charge in [0.1, 0.15) is 5.75 Å². The molecule has 0 aliphatic carbocycles. The lowest BCUT2D eigenvalue weighted by molar-refractivity contribution is 0.136. The molecular weight excluding hydrogens is 503 g/mol. The van der Waals surface area contributed by atoms with Crippen LogP contribution in [0.2, 0.25) is 0 Å². The molecule has 1 N–H and O–H groups in total. The van der Waals surface area contributed by atoms with Crippen LogP contribution in [-0.4, -0.2) is 107 Å². The number of unbranched alkanes of at least 4 members (excludes halogenated alkanes) is 1. The molecule has 31 heavy (non-hydrogen) atoms. The smallest absolute Gasteiger partial charge is 0.193 e. The molecule has 1 aromatic rings. The van der Waals surface area contributed by atoms with Crippen molar-refractivity contribution in [2.75, 3.05) is 91.0 Å². The number of rotatable bonds is 8. The minimum absolute atomic E-state index is 0. The minimum atomic E-state index is 0. The minimum Gasteiger partial charge on any atom is -0.495 e. The molecule has 176 valence electrons. The summed E-state index contributed by atoms with van der Waals surface area (Å²) < 4.78 is 5.53. The van der Waals surface area contributed by atoms with Gasteiger partial charge in [-0.1, -0.05) is 19.1 Å². The van der Waals surface area contributed by atoms with Crippen molar-refractivity contribution in [2.45, 2.75) is 19.8 Å². The zero-order valence-corrected chi connectivity index (χ0v) is 21.9. The predicted octanol–water partition coefficient (Wildman–Crippen LogP) is 2.43. The number of nitrogens with zero attached hydrogens (tertiary/aromatic N) is 5. The van der Waals surface area contributed by atoms with Gasteiger partial charge >= 0.3 is 0 Å². The lowest BCUT2D eigenvalue weighted by Gasteiger charge is -2.38. The zero-order chi connectivity index (χ0) is 21.2. The summed E-state index contributed by atoms with van der Waals surface area (Å²) in [7, 11) is 3.63. The molecule has 2 saturated heterocycles. The Labute approximate surface area is 205 Å². The summed E-state index contributed by atoms with van der Waals surface area (Å²) in [6.07, 6.45) is 2.44. The summed E-state index contributed by atoms with van der Waals surface area (Å²) in [5.74, 6) is 1.98. The molecule has 0 saturated carbocycles. The standard InChI is InChI=1S/C23H40N6O.HI/c1-4-26-13-15-27(16-14-26)12-8-7-11-25-23(24-2)29-19-17-28(18-20-29)21-9-5-6-10-22(21)30-3;/h5-6,9-10H,4,7-8,11-20H2,1-3H3,(H,24,25);1H. The van der Waals surface area contributed by atoms with Crippen molar-refractivity contribution in [3.05, 3.63) is 24.3 Å². The van der Waals surface area contributed by atoms with E-state index < -0.39 is 0 Å². The second-order valence-corrected chi connectivity index (χ2v) is 8.10. The first kappa shape index (κ1) is 26.0. The van der Waals surface area contributed by atoms with Gasteiger partial charge in [0.15, 0.2) is 5.96 Å². The third-order valence-electron chi connectivity index (χ3n) is 6.31. The molecule has 0 aromatic heterocycles. The van der Waals surface area contributed by atoms with Gasteiger partial charge in [0.2, 0.25) is 0 Å². The molecule has 0 bridgehead atoms. The fourth-order valence-corrected chi connectivity index (χ4v) is 4.37. The number of anilines is 1. The fourth-order valence-electron chi connectivity index (χ4n) is 4.37. The van der Waals surface area contributed by atoms with Gasteiger partial charge in [-0.15, -0.1) is 24.0 Å². The first-order valence-electron chi connectivity index (χ1n) is 11.5. The summed E-state index contributed by atoms with van der Waals surface area (Å²) in [6.45, 7) is 14.4. The molecule has 0 atom stereocenters. The number of piperazine rings is 2. The Morgan fingerprint density at radius 2 is 1.65 bits per heavy atom. The monoisotopic (exact) mass is 544 g/mol. The van der Waals surface area contributed by atoms with E-state index in [0.29, 0.717) is 0 Å². The Bertz CT molecular complexity index is 657. The van der Waals surface area contributed by atoms with E-state index in [4.69, 9.17) is 4.74 Å². The lowest BCUT2D eigenvalue weighted by Crippen LogP contribution is -2.52. The zero-order valence-electron chi connectivity index (χ0n) is 19.6. The van der Waals surface area contributed by atoms with Crippen LogP contribution in [-0.2, 0) is 0 Å². The number of likely N-dealkylation sites (N-methyl/N-ethyl adjacent to an activating group) is 1. The largest absolute Gasteiger partial charge is 0.495 e. The van der Waals surface area contributed by atoms with Gasteiger partial charge in [-0.25, -0.2) is 0 Å². The van der Waals surface area contributed by atoms with Crippen molar-refractivity contribution in [1.82, 2.24) is 20.0 Å². The van der Waals surface area contributed by atoms with Gasteiger partial charge in [-0.3, -0.25) is 4.99 Å². The number of guanidine groups is 1. The average Bonchev–Trinajstić information content (AvgIpc) is 2.82. The molecule has 8 heteroatoms. The van der Waals surface area contributed by atoms with Crippen LogP contribution in [0.5, 0.6) is 5.75 Å². The molecule has 0 unspecified atom stereocenters. The number of aliphatic imine (C=N–C) groups is 1. The van der Waals surface area contributed by atoms with E-state index in [1.54, 1.807) is 7.11 Å². The van der Waals surface area contributed by atoms with Crippen LogP contribution >= 0.6 is 24.0 Å². The Morgan fingerprint density at radius 1 is 0.968 bits per heavy atom. The van der Waals surface area contributed by atoms with E-state index in [9.17, 15) is 0 Å². The van der Waals surface area contributed by atoms with Crippen molar-refractivity contribution < 1.29 is 4.74 Å². The number of para-hydroxylation sites is 2. The molecule has 3 rings (SSSR count). The van der Waals surface area contributed by atoms with Crippen molar-refractivity contribution in [3.8, 4) is 5.75 Å². The molecule has 7 nitrogen and oxygen atoms in total. The molecule has 1 aromatic carbocycles. The number of halogens is 1. The number of hydrogen-bond donors (Lipinski definition) is 1. The second kappa shape index (κ2) is 14.0. The number of benzene rings is 1. The van der Waals surface area contributed by atoms with Crippen LogP contribution < -0.4 is 15.0 Å². The third kappa shape index (κ3) is 7.68. The SMILES string of the molecule is CCN1CCN(CCCCNC(=NC)N2CCN(c3ccccc3OC)CC2)CC1.I. The van der Waals surface area contributed by atoms with Crippen LogP contribution in [0.25, 0.3) is 0 Å². The van der Waals surface area contributed by atoms with E-state index in [2.05, 4.69) is 49.0 Å². The van der Waals surface area contributed by atoms with Crippen LogP contribution in [0.1, 0.15) is 19.8 Å². The second-order valence-electron chi connectivity index (χ2n) is 8.10. The van der Waals surface area contributed by atoms with Gasteiger partial charge in [0, 0.05) is 66.0 Å². The Hall–Kier alpha value is -1.26. The molecule has 2 aliphatic heterocycles. The molecule has 0 radical (unpaired) electrons. The maximum Gasteiger partial charge on any atom is 0.193 e. The topological polar surface area (TPSA) is 46.6 Å². The van der Waals surface area contributed by atoms with Crippen LogP contribution in [0.4, 0.5) is 5.69 Å². The summed E-state index contributed by atoms with van der Waals surface area (Å²) in [5, 5.41) is 3.58. The Morgan fingerprint density at radius 3 is 2.29 bits per heavy atom. The molecule has 2 fully saturated rings. The van der Waals surface area contributed by atoms with Gasteiger partial charge < -0.3 is 29.7 Å². The summed E-state index contributed by atoms with van der Waals surface area (Å²) >= 11 is 0. The summed E-state index contributed by atoms with van der Waals surface area (Å²) in [4.78, 5) is 14.4. The van der Waals surface area contributed by atoms with E-state index in [1.165, 1.54) is 57.8 Å². The highest BCUT2D eigenvalue weighted by molar-refractivity contribution is 14.0. The number of methoxy groups -OCH3 is 1. The molecule has 2 aliphatic rings.